The van der Waals surface area contributed by atoms with Crippen LogP contribution >= 0.6 is 11.6 Å². The van der Waals surface area contributed by atoms with E-state index in [0.717, 1.165) is 42.1 Å². The van der Waals surface area contributed by atoms with E-state index >= 15 is 0 Å². The molecule has 0 saturated carbocycles. The van der Waals surface area contributed by atoms with E-state index < -0.39 is 0 Å². The summed E-state index contributed by atoms with van der Waals surface area (Å²) in [5.74, 6) is 0.899. The number of piperazine rings is 1. The third-order valence-electron chi connectivity index (χ3n) is 5.43. The van der Waals surface area contributed by atoms with Crippen LogP contribution in [-0.2, 0) is 13.2 Å². The van der Waals surface area contributed by atoms with Crippen molar-refractivity contribution in [2.45, 2.75) is 13.2 Å². The van der Waals surface area contributed by atoms with Gasteiger partial charge in [-0.3, -0.25) is 9.69 Å². The van der Waals surface area contributed by atoms with Crippen LogP contribution in [0.1, 0.15) is 11.1 Å². The third kappa shape index (κ3) is 5.21. The molecule has 0 radical (unpaired) electrons. The number of ether oxygens (including phenoxy) is 1. The second-order valence-corrected chi connectivity index (χ2v) is 7.80. The average Bonchev–Trinajstić information content (AvgIpc) is 2.80. The van der Waals surface area contributed by atoms with E-state index in [9.17, 15) is 4.79 Å². The van der Waals surface area contributed by atoms with Gasteiger partial charge in [0, 0.05) is 38.3 Å². The highest BCUT2D eigenvalue weighted by Crippen LogP contribution is 2.29. The van der Waals surface area contributed by atoms with Crippen molar-refractivity contribution in [2.24, 2.45) is 0 Å². The summed E-state index contributed by atoms with van der Waals surface area (Å²) in [7, 11) is 0. The van der Waals surface area contributed by atoms with E-state index in [-0.39, 0.29) is 5.37 Å². The molecule has 1 amide bonds. The highest BCUT2D eigenvalue weighted by Gasteiger charge is 2.21. The van der Waals surface area contributed by atoms with Gasteiger partial charge in [-0.05, 0) is 34.4 Å². The van der Waals surface area contributed by atoms with Crippen molar-refractivity contribution in [3.05, 3.63) is 90.0 Å². The highest BCUT2D eigenvalue weighted by atomic mass is 35.5. The first-order valence-corrected chi connectivity index (χ1v) is 10.6. The molecular weight excluding hydrogens is 396 g/mol. The number of carbonyl (C=O) groups excluding carboxylic acids is 1. The van der Waals surface area contributed by atoms with Crippen LogP contribution in [0.2, 0.25) is 0 Å². The molecule has 1 heterocycles. The summed E-state index contributed by atoms with van der Waals surface area (Å²) in [6.45, 7) is 4.23. The average molecular weight is 421 g/mol. The largest absolute Gasteiger partial charge is 0.489 e. The van der Waals surface area contributed by atoms with E-state index in [1.165, 1.54) is 5.56 Å². The quantitative estimate of drug-likeness (QED) is 0.395. The molecule has 1 saturated heterocycles. The normalized spacial score (nSPS) is 14.5. The monoisotopic (exact) mass is 420 g/mol. The Hall–Kier alpha value is -2.82. The van der Waals surface area contributed by atoms with Crippen molar-refractivity contribution < 1.29 is 9.53 Å². The molecule has 5 heteroatoms. The molecule has 1 fully saturated rings. The van der Waals surface area contributed by atoms with Crippen LogP contribution in [0.4, 0.5) is 4.79 Å². The standard InChI is InChI=1S/C25H25ClN2O2/c26-25(29)28-15-13-27(14-16-28)18-23-12-11-22(21-9-5-2-6-10-21)17-24(23)30-19-20-7-3-1-4-8-20/h1-12,17H,13-16,18-19H2. The number of halogens is 1. The van der Waals surface area contributed by atoms with E-state index in [4.69, 9.17) is 16.3 Å². The Morgan fingerprint density at radius 1 is 0.833 bits per heavy atom. The molecule has 3 aromatic rings. The Bertz CT molecular complexity index is 971. The fourth-order valence-electron chi connectivity index (χ4n) is 3.69. The van der Waals surface area contributed by atoms with E-state index in [0.29, 0.717) is 19.7 Å². The van der Waals surface area contributed by atoms with Crippen LogP contribution < -0.4 is 4.74 Å². The van der Waals surface area contributed by atoms with Gasteiger partial charge in [-0.1, -0.05) is 72.8 Å². The summed E-state index contributed by atoms with van der Waals surface area (Å²) in [6, 6.07) is 27.0. The molecule has 4 rings (SSSR count). The lowest BCUT2D eigenvalue weighted by molar-refractivity contribution is 0.147. The number of benzene rings is 3. The minimum Gasteiger partial charge on any atom is -0.489 e. The summed E-state index contributed by atoms with van der Waals surface area (Å²) < 4.78 is 6.27. The Balaban J connectivity index is 1.53. The van der Waals surface area contributed by atoms with Crippen LogP contribution in [0.25, 0.3) is 11.1 Å². The molecule has 0 atom stereocenters. The van der Waals surface area contributed by atoms with Crippen LogP contribution in [-0.4, -0.2) is 41.3 Å². The summed E-state index contributed by atoms with van der Waals surface area (Å²) in [5, 5.41) is -0.367. The molecule has 30 heavy (non-hydrogen) atoms. The van der Waals surface area contributed by atoms with Gasteiger partial charge in [0.2, 0.25) is 0 Å². The van der Waals surface area contributed by atoms with Crippen molar-refractivity contribution >= 4 is 17.0 Å². The molecule has 154 valence electrons. The Labute approximate surface area is 182 Å². The van der Waals surface area contributed by atoms with Gasteiger partial charge in [0.1, 0.15) is 12.4 Å². The van der Waals surface area contributed by atoms with Gasteiger partial charge in [-0.15, -0.1) is 0 Å². The first-order valence-electron chi connectivity index (χ1n) is 10.2. The maximum Gasteiger partial charge on any atom is 0.316 e. The number of amides is 1. The first-order chi connectivity index (χ1) is 14.7. The lowest BCUT2D eigenvalue weighted by Crippen LogP contribution is -2.46. The number of hydrogen-bond acceptors (Lipinski definition) is 3. The molecular formula is C25H25ClN2O2. The van der Waals surface area contributed by atoms with Crippen LogP contribution in [0.3, 0.4) is 0 Å². The third-order valence-corrected chi connectivity index (χ3v) is 5.67. The second kappa shape index (κ2) is 9.79. The zero-order valence-corrected chi connectivity index (χ0v) is 17.6. The van der Waals surface area contributed by atoms with Crippen molar-refractivity contribution in [3.8, 4) is 16.9 Å². The molecule has 0 bridgehead atoms. The van der Waals surface area contributed by atoms with Gasteiger partial charge in [0.05, 0.1) is 0 Å². The zero-order valence-electron chi connectivity index (χ0n) is 16.8. The van der Waals surface area contributed by atoms with Crippen molar-refractivity contribution in [3.63, 3.8) is 0 Å². The lowest BCUT2D eigenvalue weighted by atomic mass is 10.0. The van der Waals surface area contributed by atoms with Crippen molar-refractivity contribution in [2.75, 3.05) is 26.2 Å². The van der Waals surface area contributed by atoms with Crippen LogP contribution in [0.5, 0.6) is 5.75 Å². The fraction of sp³-hybridized carbons (Fsp3) is 0.240. The van der Waals surface area contributed by atoms with Gasteiger partial charge in [-0.25, -0.2) is 0 Å². The molecule has 4 nitrogen and oxygen atoms in total. The van der Waals surface area contributed by atoms with Crippen molar-refractivity contribution in [1.29, 1.82) is 0 Å². The van der Waals surface area contributed by atoms with Crippen LogP contribution in [0.15, 0.2) is 78.9 Å². The fourth-order valence-corrected chi connectivity index (χ4v) is 3.86. The highest BCUT2D eigenvalue weighted by molar-refractivity contribution is 6.62. The molecule has 1 aliphatic heterocycles. The minimum absolute atomic E-state index is 0.367. The minimum atomic E-state index is -0.367. The van der Waals surface area contributed by atoms with E-state index in [1.54, 1.807) is 4.90 Å². The maximum atomic E-state index is 11.4. The van der Waals surface area contributed by atoms with E-state index in [1.807, 2.05) is 36.4 Å². The topological polar surface area (TPSA) is 32.8 Å². The summed E-state index contributed by atoms with van der Waals surface area (Å²) >= 11 is 5.61. The second-order valence-electron chi connectivity index (χ2n) is 7.48. The van der Waals surface area contributed by atoms with Gasteiger partial charge in [-0.2, -0.15) is 0 Å². The molecule has 0 N–H and O–H groups in total. The maximum absolute atomic E-state index is 11.4. The molecule has 0 unspecified atom stereocenters. The molecule has 3 aromatic carbocycles. The van der Waals surface area contributed by atoms with Crippen LogP contribution in [0, 0.1) is 0 Å². The van der Waals surface area contributed by atoms with Gasteiger partial charge < -0.3 is 9.64 Å². The number of carbonyl (C=O) groups is 1. The van der Waals surface area contributed by atoms with Crippen molar-refractivity contribution in [1.82, 2.24) is 9.80 Å². The lowest BCUT2D eigenvalue weighted by Gasteiger charge is -2.33. The Morgan fingerprint density at radius 2 is 1.50 bits per heavy atom. The molecule has 0 spiro atoms. The number of hydrogen-bond donors (Lipinski definition) is 0. The summed E-state index contributed by atoms with van der Waals surface area (Å²) in [4.78, 5) is 15.4. The summed E-state index contributed by atoms with van der Waals surface area (Å²) in [6.07, 6.45) is 0. The zero-order chi connectivity index (χ0) is 20.8. The Morgan fingerprint density at radius 3 is 2.17 bits per heavy atom. The smallest absolute Gasteiger partial charge is 0.316 e. The number of nitrogens with zero attached hydrogens (tertiary/aromatic N) is 2. The molecule has 1 aliphatic rings. The molecule has 0 aromatic heterocycles. The van der Waals surface area contributed by atoms with Gasteiger partial charge in [0.15, 0.2) is 0 Å². The predicted octanol–water partition coefficient (Wildman–Crippen LogP) is 5.41. The first kappa shape index (κ1) is 20.5. The predicted molar refractivity (Wildman–Crippen MR) is 121 cm³/mol. The Kier molecular flexibility index (Phi) is 6.67. The van der Waals surface area contributed by atoms with E-state index in [2.05, 4.69) is 47.4 Å². The number of rotatable bonds is 6. The molecule has 0 aliphatic carbocycles. The van der Waals surface area contributed by atoms with Gasteiger partial charge in [0.25, 0.3) is 0 Å². The SMILES string of the molecule is O=C(Cl)N1CCN(Cc2ccc(-c3ccccc3)cc2OCc2ccccc2)CC1. The van der Waals surface area contributed by atoms with Gasteiger partial charge >= 0.3 is 5.37 Å². The summed E-state index contributed by atoms with van der Waals surface area (Å²) in [5.41, 5.74) is 4.60.